The van der Waals surface area contributed by atoms with E-state index in [4.69, 9.17) is 16.3 Å². The third kappa shape index (κ3) is 4.44. The zero-order valence-electron chi connectivity index (χ0n) is 12.4. The average molecular weight is 346 g/mol. The predicted molar refractivity (Wildman–Crippen MR) is 85.5 cm³/mol. The first-order valence-corrected chi connectivity index (χ1v) is 9.34. The van der Waals surface area contributed by atoms with Crippen molar-refractivity contribution in [1.82, 2.24) is 5.32 Å². The number of carbonyl (C=O) groups is 1. The number of ether oxygens (including phenoxy) is 1. The minimum Gasteiger partial charge on any atom is -0.377 e. The molecular formula is C15H20ClNO4S. The van der Waals surface area contributed by atoms with E-state index in [0.717, 1.165) is 18.4 Å². The molecule has 1 heterocycles. The van der Waals surface area contributed by atoms with Gasteiger partial charge in [0.05, 0.1) is 11.9 Å². The van der Waals surface area contributed by atoms with Gasteiger partial charge in [-0.05, 0) is 31.4 Å². The molecule has 1 aromatic rings. The van der Waals surface area contributed by atoms with E-state index in [1.54, 1.807) is 18.2 Å². The van der Waals surface area contributed by atoms with Crippen LogP contribution in [0.5, 0.6) is 0 Å². The number of hydrogen-bond acceptors (Lipinski definition) is 4. The van der Waals surface area contributed by atoms with E-state index >= 15 is 0 Å². The highest BCUT2D eigenvalue weighted by Gasteiger charge is 2.32. The van der Waals surface area contributed by atoms with Crippen molar-refractivity contribution in [3.8, 4) is 0 Å². The van der Waals surface area contributed by atoms with E-state index in [2.05, 4.69) is 5.32 Å². The summed E-state index contributed by atoms with van der Waals surface area (Å²) in [5.74, 6) is -0.619. The molecular weight excluding hydrogens is 326 g/mol. The van der Waals surface area contributed by atoms with Crippen LogP contribution < -0.4 is 5.32 Å². The van der Waals surface area contributed by atoms with Crippen molar-refractivity contribution in [3.05, 3.63) is 34.9 Å². The first kappa shape index (κ1) is 17.2. The summed E-state index contributed by atoms with van der Waals surface area (Å²) in [7, 11) is -3.53. The molecule has 0 bridgehead atoms. The summed E-state index contributed by atoms with van der Waals surface area (Å²) in [4.78, 5) is 12.1. The van der Waals surface area contributed by atoms with E-state index < -0.39 is 21.0 Å². The molecule has 2 rings (SSSR count). The Labute approximate surface area is 135 Å². The molecule has 0 aromatic heterocycles. The molecule has 5 nitrogen and oxygen atoms in total. The van der Waals surface area contributed by atoms with Crippen molar-refractivity contribution in [2.24, 2.45) is 0 Å². The van der Waals surface area contributed by atoms with Gasteiger partial charge in [-0.1, -0.05) is 29.8 Å². The van der Waals surface area contributed by atoms with E-state index in [-0.39, 0.29) is 18.4 Å². The van der Waals surface area contributed by atoms with Crippen LogP contribution >= 0.6 is 11.6 Å². The average Bonchev–Trinajstić information content (AvgIpc) is 2.97. The zero-order chi connectivity index (χ0) is 16.2. The van der Waals surface area contributed by atoms with Gasteiger partial charge >= 0.3 is 0 Å². The maximum Gasteiger partial charge on any atom is 0.238 e. The van der Waals surface area contributed by atoms with Crippen LogP contribution in [0.2, 0.25) is 5.02 Å². The first-order chi connectivity index (χ1) is 10.4. The maximum atomic E-state index is 12.2. The van der Waals surface area contributed by atoms with Gasteiger partial charge in [-0.25, -0.2) is 8.42 Å². The lowest BCUT2D eigenvalue weighted by molar-refractivity contribution is -0.120. The third-order valence-electron chi connectivity index (χ3n) is 3.76. The van der Waals surface area contributed by atoms with Crippen LogP contribution in [-0.2, 0) is 25.9 Å². The molecule has 1 fully saturated rings. The molecule has 22 heavy (non-hydrogen) atoms. The van der Waals surface area contributed by atoms with Gasteiger partial charge in [0.15, 0.2) is 9.84 Å². The van der Waals surface area contributed by atoms with Gasteiger partial charge in [-0.2, -0.15) is 0 Å². The van der Waals surface area contributed by atoms with E-state index in [1.807, 2.05) is 6.07 Å². The standard InChI is InChI=1S/C15H20ClNO4S/c1-11(22(19,20)10-13-6-4-8-21-13)15(18)17-9-12-5-2-3-7-14(12)16/h2-3,5,7,11,13H,4,6,8-10H2,1H3,(H,17,18)/t11-,13+/m0/s1. The summed E-state index contributed by atoms with van der Waals surface area (Å²) in [6.07, 6.45) is 1.31. The Morgan fingerprint density at radius 3 is 2.82 bits per heavy atom. The molecule has 0 radical (unpaired) electrons. The van der Waals surface area contributed by atoms with Crippen molar-refractivity contribution in [2.45, 2.75) is 37.7 Å². The van der Waals surface area contributed by atoms with Crippen molar-refractivity contribution < 1.29 is 17.9 Å². The van der Waals surface area contributed by atoms with Crippen LogP contribution in [0.15, 0.2) is 24.3 Å². The Bertz CT molecular complexity index is 626. The molecule has 1 saturated heterocycles. The van der Waals surface area contributed by atoms with Gasteiger partial charge in [-0.3, -0.25) is 4.79 Å². The number of rotatable bonds is 6. The van der Waals surface area contributed by atoms with Crippen molar-refractivity contribution in [1.29, 1.82) is 0 Å². The maximum absolute atomic E-state index is 12.2. The molecule has 0 saturated carbocycles. The molecule has 1 aliphatic rings. The second kappa shape index (κ2) is 7.44. The largest absolute Gasteiger partial charge is 0.377 e. The summed E-state index contributed by atoms with van der Waals surface area (Å²) in [6.45, 7) is 2.21. The Hall–Kier alpha value is -1.11. The van der Waals surface area contributed by atoms with E-state index in [9.17, 15) is 13.2 Å². The molecule has 0 aliphatic carbocycles. The number of halogens is 1. The molecule has 2 atom stereocenters. The van der Waals surface area contributed by atoms with Crippen LogP contribution in [0.1, 0.15) is 25.3 Å². The molecule has 0 unspecified atom stereocenters. The fourth-order valence-electron chi connectivity index (χ4n) is 2.31. The Balaban J connectivity index is 1.92. The minimum absolute atomic E-state index is 0.103. The fraction of sp³-hybridized carbons (Fsp3) is 0.533. The van der Waals surface area contributed by atoms with Gasteiger partial charge in [0.2, 0.25) is 5.91 Å². The van der Waals surface area contributed by atoms with Crippen molar-refractivity contribution in [2.75, 3.05) is 12.4 Å². The summed E-state index contributed by atoms with van der Waals surface area (Å²) >= 11 is 6.00. The molecule has 1 aliphatic heterocycles. The van der Waals surface area contributed by atoms with E-state index in [0.29, 0.717) is 11.6 Å². The number of benzene rings is 1. The normalized spacial score (nSPS) is 19.8. The SMILES string of the molecule is C[C@@H](C(=O)NCc1ccccc1Cl)S(=O)(=O)C[C@H]1CCCO1. The Morgan fingerprint density at radius 2 is 2.18 bits per heavy atom. The molecule has 122 valence electrons. The topological polar surface area (TPSA) is 72.5 Å². The Morgan fingerprint density at radius 1 is 1.45 bits per heavy atom. The van der Waals surface area contributed by atoms with Crippen LogP contribution in [0, 0.1) is 0 Å². The number of hydrogen-bond donors (Lipinski definition) is 1. The van der Waals surface area contributed by atoms with Gasteiger partial charge in [0.1, 0.15) is 5.25 Å². The highest BCUT2D eigenvalue weighted by atomic mass is 35.5. The van der Waals surface area contributed by atoms with Gasteiger partial charge in [-0.15, -0.1) is 0 Å². The molecule has 1 amide bonds. The second-order valence-electron chi connectivity index (χ2n) is 5.42. The van der Waals surface area contributed by atoms with Gasteiger partial charge in [0.25, 0.3) is 0 Å². The van der Waals surface area contributed by atoms with Gasteiger partial charge < -0.3 is 10.1 Å². The summed E-state index contributed by atoms with van der Waals surface area (Å²) in [6, 6.07) is 7.11. The minimum atomic E-state index is -3.53. The number of nitrogens with one attached hydrogen (secondary N) is 1. The predicted octanol–water partition coefficient (Wildman–Crippen LogP) is 1.94. The lowest BCUT2D eigenvalue weighted by Gasteiger charge is -2.16. The summed E-state index contributed by atoms with van der Waals surface area (Å²) in [5.41, 5.74) is 0.751. The first-order valence-electron chi connectivity index (χ1n) is 7.24. The Kier molecular flexibility index (Phi) is 5.83. The quantitative estimate of drug-likeness (QED) is 0.855. The summed E-state index contributed by atoms with van der Waals surface area (Å²) in [5, 5.41) is 2.07. The van der Waals surface area contributed by atoms with Crippen LogP contribution in [0.25, 0.3) is 0 Å². The highest BCUT2D eigenvalue weighted by molar-refractivity contribution is 7.92. The van der Waals surface area contributed by atoms with Gasteiger partial charge in [0, 0.05) is 18.2 Å². The lowest BCUT2D eigenvalue weighted by Crippen LogP contribution is -2.40. The number of carbonyl (C=O) groups excluding carboxylic acids is 1. The molecule has 1 N–H and O–H groups in total. The molecule has 1 aromatic carbocycles. The smallest absolute Gasteiger partial charge is 0.238 e. The van der Waals surface area contributed by atoms with Crippen LogP contribution in [0.3, 0.4) is 0 Å². The number of amides is 1. The zero-order valence-corrected chi connectivity index (χ0v) is 14.0. The molecule has 0 spiro atoms. The van der Waals surface area contributed by atoms with Crippen LogP contribution in [0.4, 0.5) is 0 Å². The fourth-order valence-corrected chi connectivity index (χ4v) is 3.99. The van der Waals surface area contributed by atoms with Crippen LogP contribution in [-0.4, -0.2) is 38.0 Å². The van der Waals surface area contributed by atoms with Crippen molar-refractivity contribution in [3.63, 3.8) is 0 Å². The van der Waals surface area contributed by atoms with Crippen molar-refractivity contribution >= 4 is 27.3 Å². The third-order valence-corrected chi connectivity index (χ3v) is 6.26. The monoisotopic (exact) mass is 345 g/mol. The second-order valence-corrected chi connectivity index (χ2v) is 8.19. The van der Waals surface area contributed by atoms with E-state index in [1.165, 1.54) is 6.92 Å². The highest BCUT2D eigenvalue weighted by Crippen LogP contribution is 2.17. The summed E-state index contributed by atoms with van der Waals surface area (Å²) < 4.78 is 29.8. The number of sulfone groups is 1. The lowest BCUT2D eigenvalue weighted by atomic mass is 10.2. The molecule has 7 heteroatoms.